The highest BCUT2D eigenvalue weighted by atomic mass is 19.1. The molecule has 0 radical (unpaired) electrons. The molecule has 0 aliphatic rings. The van der Waals surface area contributed by atoms with Crippen LogP contribution in [0.3, 0.4) is 0 Å². The van der Waals surface area contributed by atoms with E-state index < -0.39 is 17.9 Å². The maximum absolute atomic E-state index is 13.4. The van der Waals surface area contributed by atoms with Crippen LogP contribution in [-0.4, -0.2) is 41.7 Å². The molecule has 9 nitrogen and oxygen atoms in total. The topological polar surface area (TPSA) is 134 Å². The lowest BCUT2D eigenvalue weighted by molar-refractivity contribution is -0.138. The Morgan fingerprint density at radius 3 is 2.73 bits per heavy atom. The standard InChI is InChI=1S/C20H20FN7O2/c1-11-9-16(27-26-11)23-20-25-18(24-17-3-2-8-28(17)20)14(10-15(22)19(29)30)12-4-6-13(21)7-5-12/h2-9,14-15H,10,22H2,1H3,(H,29,30)(H2,23,24,25,26,27)/t14?,15-/m1/s1. The summed E-state index contributed by atoms with van der Waals surface area (Å²) in [6, 6.07) is 10.1. The van der Waals surface area contributed by atoms with Gasteiger partial charge in [-0.15, -0.1) is 0 Å². The smallest absolute Gasteiger partial charge is 0.320 e. The summed E-state index contributed by atoms with van der Waals surface area (Å²) < 4.78 is 15.2. The van der Waals surface area contributed by atoms with Crippen LogP contribution in [0.25, 0.3) is 5.65 Å². The van der Waals surface area contributed by atoms with Crippen molar-refractivity contribution in [2.75, 3.05) is 5.32 Å². The first-order valence-electron chi connectivity index (χ1n) is 9.28. The van der Waals surface area contributed by atoms with Gasteiger partial charge in [0.25, 0.3) is 0 Å². The molecule has 154 valence electrons. The molecule has 0 spiro atoms. The lowest BCUT2D eigenvalue weighted by atomic mass is 9.91. The fourth-order valence-corrected chi connectivity index (χ4v) is 3.23. The summed E-state index contributed by atoms with van der Waals surface area (Å²) in [6.07, 6.45) is 1.86. The molecule has 0 saturated heterocycles. The molecular formula is C20H20FN7O2. The maximum Gasteiger partial charge on any atom is 0.320 e. The lowest BCUT2D eigenvalue weighted by Gasteiger charge is -2.19. The Kier molecular flexibility index (Phi) is 5.15. The van der Waals surface area contributed by atoms with Crippen LogP contribution in [0.5, 0.6) is 0 Å². The monoisotopic (exact) mass is 409 g/mol. The average Bonchev–Trinajstić information content (AvgIpc) is 3.35. The highest BCUT2D eigenvalue weighted by Gasteiger charge is 2.25. The van der Waals surface area contributed by atoms with Crippen molar-refractivity contribution in [3.05, 3.63) is 71.6 Å². The van der Waals surface area contributed by atoms with Crippen LogP contribution in [0, 0.1) is 12.7 Å². The predicted octanol–water partition coefficient (Wildman–Crippen LogP) is 2.58. The Morgan fingerprint density at radius 1 is 1.30 bits per heavy atom. The van der Waals surface area contributed by atoms with Gasteiger partial charge >= 0.3 is 5.97 Å². The molecule has 4 rings (SSSR count). The summed E-state index contributed by atoms with van der Waals surface area (Å²) in [7, 11) is 0. The van der Waals surface area contributed by atoms with E-state index in [9.17, 15) is 14.3 Å². The zero-order valence-corrected chi connectivity index (χ0v) is 16.1. The number of rotatable bonds is 7. The van der Waals surface area contributed by atoms with Gasteiger partial charge in [-0.25, -0.2) is 9.37 Å². The van der Waals surface area contributed by atoms with Crippen LogP contribution in [0.4, 0.5) is 16.2 Å². The number of halogens is 1. The first-order valence-corrected chi connectivity index (χ1v) is 9.28. The van der Waals surface area contributed by atoms with E-state index in [1.54, 1.807) is 22.7 Å². The molecule has 3 heterocycles. The van der Waals surface area contributed by atoms with Crippen LogP contribution in [-0.2, 0) is 4.79 Å². The van der Waals surface area contributed by atoms with Crippen LogP contribution in [0.2, 0.25) is 0 Å². The third kappa shape index (κ3) is 3.98. The van der Waals surface area contributed by atoms with Crippen LogP contribution in [0.1, 0.15) is 29.4 Å². The van der Waals surface area contributed by atoms with Gasteiger partial charge in [0.05, 0.1) is 0 Å². The van der Waals surface area contributed by atoms with Crippen molar-refractivity contribution in [1.29, 1.82) is 0 Å². The molecule has 2 atom stereocenters. The van der Waals surface area contributed by atoms with Crippen molar-refractivity contribution < 1.29 is 14.3 Å². The molecule has 30 heavy (non-hydrogen) atoms. The fourth-order valence-electron chi connectivity index (χ4n) is 3.23. The Bertz CT molecular complexity index is 1190. The zero-order chi connectivity index (χ0) is 21.3. The summed E-state index contributed by atoms with van der Waals surface area (Å²) in [4.78, 5) is 20.6. The second-order valence-corrected chi connectivity index (χ2v) is 6.99. The number of carbonyl (C=O) groups is 1. The quantitative estimate of drug-likeness (QED) is 0.368. The van der Waals surface area contributed by atoms with E-state index in [-0.39, 0.29) is 12.2 Å². The predicted molar refractivity (Wildman–Crippen MR) is 108 cm³/mol. The van der Waals surface area contributed by atoms with Gasteiger partial charge in [-0.2, -0.15) is 10.1 Å². The van der Waals surface area contributed by atoms with E-state index in [0.29, 0.717) is 28.8 Å². The second-order valence-electron chi connectivity index (χ2n) is 6.99. The molecule has 3 aromatic heterocycles. The van der Waals surface area contributed by atoms with Gasteiger partial charge < -0.3 is 16.2 Å². The van der Waals surface area contributed by atoms with Crippen molar-refractivity contribution in [2.24, 2.45) is 5.73 Å². The van der Waals surface area contributed by atoms with Crippen molar-refractivity contribution in [3.8, 4) is 0 Å². The number of aromatic nitrogens is 5. The number of carboxylic acid groups (broad SMARTS) is 1. The highest BCUT2D eigenvalue weighted by Crippen LogP contribution is 2.29. The summed E-state index contributed by atoms with van der Waals surface area (Å²) in [5.41, 5.74) is 7.98. The average molecular weight is 409 g/mol. The molecule has 1 aromatic carbocycles. The number of nitrogens with two attached hydrogens (primary N) is 1. The Balaban J connectivity index is 1.80. The molecule has 0 amide bonds. The minimum Gasteiger partial charge on any atom is -0.480 e. The third-order valence-electron chi connectivity index (χ3n) is 4.74. The molecule has 0 aliphatic heterocycles. The molecule has 5 N–H and O–H groups in total. The Morgan fingerprint density at radius 2 is 2.07 bits per heavy atom. The van der Waals surface area contributed by atoms with E-state index in [1.807, 2.05) is 25.1 Å². The van der Waals surface area contributed by atoms with Crippen molar-refractivity contribution >= 4 is 23.4 Å². The maximum atomic E-state index is 13.4. The number of nitrogens with one attached hydrogen (secondary N) is 2. The number of hydrogen-bond donors (Lipinski definition) is 4. The van der Waals surface area contributed by atoms with Gasteiger partial charge in [0, 0.05) is 23.9 Å². The minimum atomic E-state index is -1.13. The number of hydrogen-bond acceptors (Lipinski definition) is 6. The molecule has 0 bridgehead atoms. The van der Waals surface area contributed by atoms with E-state index in [2.05, 4.69) is 25.5 Å². The number of nitrogens with zero attached hydrogens (tertiary/aromatic N) is 4. The van der Waals surface area contributed by atoms with Crippen LogP contribution >= 0.6 is 0 Å². The third-order valence-corrected chi connectivity index (χ3v) is 4.74. The summed E-state index contributed by atoms with van der Waals surface area (Å²) in [5.74, 6) is -0.650. The number of carboxylic acids is 1. The molecule has 10 heteroatoms. The Hall–Kier alpha value is -3.79. The van der Waals surface area contributed by atoms with Crippen LogP contribution < -0.4 is 11.1 Å². The Labute approximate surface area is 170 Å². The largest absolute Gasteiger partial charge is 0.480 e. The zero-order valence-electron chi connectivity index (χ0n) is 16.1. The number of aromatic amines is 1. The summed E-state index contributed by atoms with van der Waals surface area (Å²) in [5, 5.41) is 19.5. The first kappa shape index (κ1) is 19.5. The van der Waals surface area contributed by atoms with Gasteiger partial charge in [0.15, 0.2) is 5.82 Å². The molecule has 0 saturated carbocycles. The van der Waals surface area contributed by atoms with Crippen molar-refractivity contribution in [3.63, 3.8) is 0 Å². The minimum absolute atomic E-state index is 0.0544. The number of H-pyrrole nitrogens is 1. The number of anilines is 2. The molecule has 0 aliphatic carbocycles. The van der Waals surface area contributed by atoms with Gasteiger partial charge in [0.2, 0.25) is 5.95 Å². The van der Waals surface area contributed by atoms with Crippen molar-refractivity contribution in [1.82, 2.24) is 24.6 Å². The van der Waals surface area contributed by atoms with Crippen LogP contribution in [0.15, 0.2) is 48.7 Å². The molecule has 1 unspecified atom stereocenters. The number of aryl methyl sites for hydroxylation is 1. The fraction of sp³-hybridized carbons (Fsp3) is 0.200. The summed E-state index contributed by atoms with van der Waals surface area (Å²) in [6.45, 7) is 1.88. The summed E-state index contributed by atoms with van der Waals surface area (Å²) >= 11 is 0. The van der Waals surface area contributed by atoms with Crippen molar-refractivity contribution in [2.45, 2.75) is 25.3 Å². The molecule has 0 fully saturated rings. The number of fused-ring (bicyclic) bond motifs is 1. The van der Waals surface area contributed by atoms with Gasteiger partial charge in [-0.1, -0.05) is 12.1 Å². The number of aliphatic carboxylic acids is 1. The number of benzene rings is 1. The van der Waals surface area contributed by atoms with E-state index >= 15 is 0 Å². The highest BCUT2D eigenvalue weighted by molar-refractivity contribution is 5.73. The van der Waals surface area contributed by atoms with E-state index in [0.717, 1.165) is 5.69 Å². The molecular weight excluding hydrogens is 389 g/mol. The normalized spacial score (nSPS) is 13.3. The van der Waals surface area contributed by atoms with E-state index in [1.165, 1.54) is 12.1 Å². The lowest BCUT2D eigenvalue weighted by Crippen LogP contribution is -2.32. The van der Waals surface area contributed by atoms with E-state index in [4.69, 9.17) is 5.73 Å². The first-order chi connectivity index (χ1) is 14.4. The van der Waals surface area contributed by atoms with Gasteiger partial charge in [-0.05, 0) is 43.2 Å². The van der Waals surface area contributed by atoms with Gasteiger partial charge in [0.1, 0.15) is 23.3 Å². The molecule has 4 aromatic rings. The SMILES string of the molecule is Cc1cc(Nc2nc(C(C[C@@H](N)C(=O)O)c3ccc(F)cc3)nc3cccn23)n[nH]1. The second kappa shape index (κ2) is 7.91. The van der Waals surface area contributed by atoms with Gasteiger partial charge in [-0.3, -0.25) is 14.3 Å².